The lowest BCUT2D eigenvalue weighted by Gasteiger charge is -2.56. The summed E-state index contributed by atoms with van der Waals surface area (Å²) in [5, 5.41) is 0. The van der Waals surface area contributed by atoms with Crippen molar-refractivity contribution in [3.63, 3.8) is 0 Å². The van der Waals surface area contributed by atoms with Crippen molar-refractivity contribution in [1.29, 1.82) is 0 Å². The summed E-state index contributed by atoms with van der Waals surface area (Å²) >= 11 is 0. The Hall–Kier alpha value is -0.940. The monoisotopic (exact) mass is 440 g/mol. The number of hydrogen-bond donors (Lipinski definition) is 0. The highest BCUT2D eigenvalue weighted by Gasteiger charge is 2.61. The smallest absolute Gasteiger partial charge is 0.179 e. The molecule has 0 aromatic carbocycles. The van der Waals surface area contributed by atoms with Gasteiger partial charge in [-0.3, -0.25) is 4.90 Å². The van der Waals surface area contributed by atoms with Crippen molar-refractivity contribution in [2.24, 2.45) is 17.3 Å². The van der Waals surface area contributed by atoms with Gasteiger partial charge in [0.15, 0.2) is 6.29 Å². The van der Waals surface area contributed by atoms with Crippen LogP contribution in [-0.4, -0.2) is 68.6 Å². The highest BCUT2D eigenvalue weighted by Crippen LogP contribution is 2.59. The van der Waals surface area contributed by atoms with Crippen molar-refractivity contribution in [1.82, 2.24) is 9.80 Å². The summed E-state index contributed by atoms with van der Waals surface area (Å²) < 4.78 is 11.8. The number of nitrogens with zero attached hydrogens (tertiary/aromatic N) is 2. The minimum absolute atomic E-state index is 0.197. The van der Waals surface area contributed by atoms with E-state index in [1.807, 2.05) is 14.2 Å². The molecule has 178 valence electrons. The van der Waals surface area contributed by atoms with E-state index in [0.717, 1.165) is 0 Å². The first-order valence-corrected chi connectivity index (χ1v) is 13.3. The second kappa shape index (κ2) is 10.1. The lowest BCUT2D eigenvalue weighted by Crippen LogP contribution is -2.60. The molecule has 4 nitrogen and oxygen atoms in total. The fraction of sp³-hybridized carbons (Fsp3) is 0.786. The first-order valence-electron chi connectivity index (χ1n) is 13.3. The van der Waals surface area contributed by atoms with Gasteiger partial charge in [-0.25, -0.2) is 0 Å². The second-order valence-corrected chi connectivity index (χ2v) is 10.9. The first-order chi connectivity index (χ1) is 15.8. The Balaban J connectivity index is 1.60. The number of allylic oxidation sites excluding steroid dienone is 3. The van der Waals surface area contributed by atoms with Crippen LogP contribution in [0.25, 0.3) is 0 Å². The van der Waals surface area contributed by atoms with Crippen molar-refractivity contribution in [3.05, 3.63) is 36.0 Å². The van der Waals surface area contributed by atoms with E-state index >= 15 is 0 Å². The van der Waals surface area contributed by atoms with E-state index in [1.54, 1.807) is 0 Å². The molecule has 4 heteroatoms. The van der Waals surface area contributed by atoms with Gasteiger partial charge in [0.25, 0.3) is 0 Å². The average Bonchev–Trinajstić information content (AvgIpc) is 3.07. The zero-order valence-corrected chi connectivity index (χ0v) is 20.4. The molecule has 0 N–H and O–H groups in total. The van der Waals surface area contributed by atoms with E-state index in [4.69, 9.17) is 9.47 Å². The summed E-state index contributed by atoms with van der Waals surface area (Å²) in [5.74, 6) is 1.16. The maximum absolute atomic E-state index is 5.90. The highest BCUT2D eigenvalue weighted by molar-refractivity contribution is 5.30. The first kappa shape index (κ1) is 22.8. The molecule has 6 atom stereocenters. The van der Waals surface area contributed by atoms with Crippen LogP contribution in [0.15, 0.2) is 36.0 Å². The molecule has 0 aromatic rings. The number of piperidine rings is 1. The lowest BCUT2D eigenvalue weighted by atomic mass is 9.56. The van der Waals surface area contributed by atoms with Gasteiger partial charge in [-0.05, 0) is 101 Å². The quantitative estimate of drug-likeness (QED) is 0.446. The van der Waals surface area contributed by atoms with Gasteiger partial charge in [0.05, 0.1) is 0 Å². The SMILES string of the molecule is COC(OC)C1=C[C@H]2CC/C=C\CCCCN3CC[C@@H]1C1(C[C@@H]4/C=C\CCCCN4C21)C3. The summed E-state index contributed by atoms with van der Waals surface area (Å²) in [6, 6.07) is 1.25. The van der Waals surface area contributed by atoms with E-state index in [9.17, 15) is 0 Å². The molecule has 4 heterocycles. The Morgan fingerprint density at radius 1 is 0.906 bits per heavy atom. The Labute approximate surface area is 195 Å². The number of ether oxygens (including phenoxy) is 2. The Kier molecular flexibility index (Phi) is 7.23. The molecule has 2 fully saturated rings. The van der Waals surface area contributed by atoms with Gasteiger partial charge in [-0.15, -0.1) is 0 Å². The second-order valence-electron chi connectivity index (χ2n) is 10.9. The maximum Gasteiger partial charge on any atom is 0.179 e. The minimum atomic E-state index is -0.197. The van der Waals surface area contributed by atoms with Gasteiger partial charge < -0.3 is 14.4 Å². The molecule has 0 radical (unpaired) electrons. The fourth-order valence-electron chi connectivity index (χ4n) is 7.96. The fourth-order valence-corrected chi connectivity index (χ4v) is 7.96. The number of fused-ring (bicyclic) bond motifs is 2. The third kappa shape index (κ3) is 4.17. The molecule has 4 aliphatic heterocycles. The van der Waals surface area contributed by atoms with E-state index in [2.05, 4.69) is 40.2 Å². The Bertz CT molecular complexity index is 727. The molecule has 3 unspecified atom stereocenters. The Morgan fingerprint density at radius 2 is 1.69 bits per heavy atom. The van der Waals surface area contributed by atoms with Crippen LogP contribution in [0, 0.1) is 17.3 Å². The highest BCUT2D eigenvalue weighted by atomic mass is 16.7. The predicted molar refractivity (Wildman–Crippen MR) is 130 cm³/mol. The predicted octanol–water partition coefficient (Wildman–Crippen LogP) is 5.17. The molecule has 0 aromatic heterocycles. The number of rotatable bonds is 3. The third-order valence-corrected chi connectivity index (χ3v) is 9.15. The van der Waals surface area contributed by atoms with Crippen molar-refractivity contribution in [2.45, 2.75) is 82.6 Å². The van der Waals surface area contributed by atoms with Crippen molar-refractivity contribution >= 4 is 0 Å². The van der Waals surface area contributed by atoms with Crippen LogP contribution in [0.5, 0.6) is 0 Å². The van der Waals surface area contributed by atoms with Gasteiger partial charge in [-0.2, -0.15) is 0 Å². The van der Waals surface area contributed by atoms with Gasteiger partial charge in [-0.1, -0.05) is 30.4 Å². The molecule has 1 aliphatic carbocycles. The Morgan fingerprint density at radius 3 is 2.53 bits per heavy atom. The van der Waals surface area contributed by atoms with Gasteiger partial charge in [0.1, 0.15) is 0 Å². The summed E-state index contributed by atoms with van der Waals surface area (Å²) in [6.45, 7) is 5.00. The molecule has 3 bridgehead atoms. The van der Waals surface area contributed by atoms with Crippen LogP contribution in [0.1, 0.15) is 64.2 Å². The van der Waals surface area contributed by atoms with Gasteiger partial charge in [0, 0.05) is 38.3 Å². The molecule has 0 saturated carbocycles. The summed E-state index contributed by atoms with van der Waals surface area (Å²) in [5.41, 5.74) is 1.77. The van der Waals surface area contributed by atoms with Crippen LogP contribution >= 0.6 is 0 Å². The normalized spacial score (nSPS) is 42.5. The molecule has 5 aliphatic rings. The topological polar surface area (TPSA) is 24.9 Å². The molecular formula is C28H44N2O2. The maximum atomic E-state index is 5.90. The lowest BCUT2D eigenvalue weighted by molar-refractivity contribution is -0.102. The van der Waals surface area contributed by atoms with Crippen LogP contribution in [0.2, 0.25) is 0 Å². The van der Waals surface area contributed by atoms with E-state index in [0.29, 0.717) is 29.3 Å². The molecule has 1 spiro atoms. The van der Waals surface area contributed by atoms with Crippen LogP contribution in [0.3, 0.4) is 0 Å². The van der Waals surface area contributed by atoms with E-state index in [1.165, 1.54) is 96.0 Å². The molecule has 5 rings (SSSR count). The van der Waals surface area contributed by atoms with E-state index in [-0.39, 0.29) is 6.29 Å². The van der Waals surface area contributed by atoms with Crippen LogP contribution in [-0.2, 0) is 9.47 Å². The largest absolute Gasteiger partial charge is 0.352 e. The van der Waals surface area contributed by atoms with Crippen molar-refractivity contribution < 1.29 is 9.47 Å². The molecule has 2 saturated heterocycles. The van der Waals surface area contributed by atoms with Crippen LogP contribution in [0.4, 0.5) is 0 Å². The summed E-state index contributed by atoms with van der Waals surface area (Å²) in [6.07, 6.45) is 25.2. The zero-order valence-electron chi connectivity index (χ0n) is 20.4. The molecule has 0 amide bonds. The third-order valence-electron chi connectivity index (χ3n) is 9.15. The summed E-state index contributed by atoms with van der Waals surface area (Å²) in [4.78, 5) is 5.77. The number of methoxy groups -OCH3 is 2. The average molecular weight is 441 g/mol. The number of hydrogen-bond acceptors (Lipinski definition) is 4. The standard InChI is InChI=1S/C28H44N2O2/c1-31-27(32-2)24-19-22-13-9-5-3-4-7-11-16-29-18-15-25(24)28(21-29)20-23-14-10-6-8-12-17-30(23)26(22)28/h3,5,10,14,19,22-23,25-27H,4,6-9,11-13,15-18,20-21H2,1-2H3/b5-3-,14-10-/t22-,23+,25+,26?,28?/m1/s1. The summed E-state index contributed by atoms with van der Waals surface area (Å²) in [7, 11) is 3.64. The molecule has 32 heavy (non-hydrogen) atoms. The minimum Gasteiger partial charge on any atom is -0.352 e. The van der Waals surface area contributed by atoms with E-state index < -0.39 is 0 Å². The van der Waals surface area contributed by atoms with Gasteiger partial charge in [0.2, 0.25) is 0 Å². The van der Waals surface area contributed by atoms with Crippen molar-refractivity contribution in [2.75, 3.05) is 40.4 Å². The zero-order chi connectivity index (χ0) is 22.0. The molecular weight excluding hydrogens is 396 g/mol. The van der Waals surface area contributed by atoms with Crippen LogP contribution < -0.4 is 0 Å². The van der Waals surface area contributed by atoms with Crippen molar-refractivity contribution in [3.8, 4) is 0 Å². The van der Waals surface area contributed by atoms with Gasteiger partial charge >= 0.3 is 0 Å².